The summed E-state index contributed by atoms with van der Waals surface area (Å²) < 4.78 is 0. The van der Waals surface area contributed by atoms with E-state index in [0.29, 0.717) is 13.1 Å². The summed E-state index contributed by atoms with van der Waals surface area (Å²) in [5, 5.41) is 3.08. The highest BCUT2D eigenvalue weighted by molar-refractivity contribution is 5.91. The van der Waals surface area contributed by atoms with Gasteiger partial charge in [0, 0.05) is 13.1 Å². The van der Waals surface area contributed by atoms with Gasteiger partial charge in [0.1, 0.15) is 0 Å². The Hall–Kier alpha value is -2.13. The van der Waals surface area contributed by atoms with Crippen LogP contribution in [0.5, 0.6) is 0 Å². The van der Waals surface area contributed by atoms with Crippen LogP contribution < -0.4 is 11.1 Å². The Bertz CT molecular complexity index is 633. The van der Waals surface area contributed by atoms with Crippen molar-refractivity contribution in [1.82, 2.24) is 5.32 Å². The van der Waals surface area contributed by atoms with E-state index in [9.17, 15) is 4.79 Å². The number of hydrogen-bond donors (Lipinski definition) is 2. The zero-order valence-electron chi connectivity index (χ0n) is 12.0. The molecule has 1 aliphatic rings. The molecule has 1 saturated carbocycles. The summed E-state index contributed by atoms with van der Waals surface area (Å²) >= 11 is 0. The lowest BCUT2D eigenvalue weighted by molar-refractivity contribution is -0.123. The van der Waals surface area contributed by atoms with Crippen LogP contribution in [0.3, 0.4) is 0 Å². The molecule has 3 heteroatoms. The zero-order valence-corrected chi connectivity index (χ0v) is 12.0. The topological polar surface area (TPSA) is 55.1 Å². The van der Waals surface area contributed by atoms with E-state index in [1.54, 1.807) is 0 Å². The molecule has 2 aromatic rings. The van der Waals surface area contributed by atoms with E-state index in [1.165, 1.54) is 0 Å². The molecule has 1 fully saturated rings. The third kappa shape index (κ3) is 2.69. The number of nitrogens with two attached hydrogens (primary N) is 1. The van der Waals surface area contributed by atoms with Crippen molar-refractivity contribution in [2.75, 3.05) is 0 Å². The minimum Gasteiger partial charge on any atom is -0.351 e. The van der Waals surface area contributed by atoms with Crippen molar-refractivity contribution >= 4 is 5.91 Å². The number of carbonyl (C=O) groups excluding carboxylic acids is 1. The average Bonchev–Trinajstić information content (AvgIpc) is 3.35. The van der Waals surface area contributed by atoms with Crippen LogP contribution in [-0.4, -0.2) is 5.91 Å². The summed E-state index contributed by atoms with van der Waals surface area (Å²) in [5.74, 6) is 0.125. The third-order valence-corrected chi connectivity index (χ3v) is 4.29. The normalized spacial score (nSPS) is 15.5. The Labute approximate surface area is 125 Å². The lowest BCUT2D eigenvalue weighted by atomic mass is 9.95. The van der Waals surface area contributed by atoms with Crippen molar-refractivity contribution in [1.29, 1.82) is 0 Å². The molecule has 0 heterocycles. The molecule has 0 aromatic heterocycles. The maximum atomic E-state index is 12.6. The zero-order chi connectivity index (χ0) is 14.7. The Morgan fingerprint density at radius 1 is 1.00 bits per heavy atom. The maximum absolute atomic E-state index is 12.6. The van der Waals surface area contributed by atoms with Crippen molar-refractivity contribution in [3.8, 4) is 0 Å². The van der Waals surface area contributed by atoms with Gasteiger partial charge in [-0.15, -0.1) is 0 Å². The molecule has 3 N–H and O–H groups in total. The van der Waals surface area contributed by atoms with Crippen LogP contribution in [0.4, 0.5) is 0 Å². The van der Waals surface area contributed by atoms with Gasteiger partial charge < -0.3 is 11.1 Å². The third-order valence-electron chi connectivity index (χ3n) is 4.29. The van der Waals surface area contributed by atoms with Crippen molar-refractivity contribution in [3.63, 3.8) is 0 Å². The van der Waals surface area contributed by atoms with E-state index < -0.39 is 0 Å². The summed E-state index contributed by atoms with van der Waals surface area (Å²) in [6.45, 7) is 1.04. The van der Waals surface area contributed by atoms with E-state index in [1.807, 2.05) is 54.6 Å². The lowest BCUT2D eigenvalue weighted by Crippen LogP contribution is -2.34. The van der Waals surface area contributed by atoms with Crippen molar-refractivity contribution in [3.05, 3.63) is 71.3 Å². The summed E-state index contributed by atoms with van der Waals surface area (Å²) in [4.78, 5) is 12.6. The highest BCUT2D eigenvalue weighted by Crippen LogP contribution is 2.48. The van der Waals surface area contributed by atoms with Gasteiger partial charge >= 0.3 is 0 Å². The van der Waals surface area contributed by atoms with Crippen LogP contribution in [0, 0.1) is 0 Å². The summed E-state index contributed by atoms with van der Waals surface area (Å²) in [6.07, 6.45) is 1.86. The monoisotopic (exact) mass is 280 g/mol. The second-order valence-electron chi connectivity index (χ2n) is 5.60. The molecule has 0 atom stereocenters. The molecular formula is C18H20N2O. The highest BCUT2D eigenvalue weighted by atomic mass is 16.2. The summed E-state index contributed by atoms with van der Waals surface area (Å²) in [5.41, 5.74) is 8.73. The minimum atomic E-state index is -0.307. The van der Waals surface area contributed by atoms with Gasteiger partial charge in [0.2, 0.25) is 5.91 Å². The molecule has 108 valence electrons. The molecule has 1 amide bonds. The molecule has 1 aliphatic carbocycles. The number of hydrogen-bond acceptors (Lipinski definition) is 2. The van der Waals surface area contributed by atoms with Gasteiger partial charge in [-0.05, 0) is 29.5 Å². The number of carbonyl (C=O) groups is 1. The van der Waals surface area contributed by atoms with Crippen LogP contribution >= 0.6 is 0 Å². The van der Waals surface area contributed by atoms with E-state index in [2.05, 4.69) is 5.32 Å². The molecule has 21 heavy (non-hydrogen) atoms. The Kier molecular flexibility index (Phi) is 3.76. The summed E-state index contributed by atoms with van der Waals surface area (Å²) in [6, 6.07) is 18.0. The minimum absolute atomic E-state index is 0.125. The fraction of sp³-hybridized carbons (Fsp3) is 0.278. The standard InChI is InChI=1S/C18H20N2O/c19-12-14-6-4-5-7-15(14)13-20-17(21)18(10-11-18)16-8-2-1-3-9-16/h1-9H,10-13,19H2,(H,20,21). The second kappa shape index (κ2) is 5.70. The van der Waals surface area contributed by atoms with Crippen LogP contribution in [0.25, 0.3) is 0 Å². The van der Waals surface area contributed by atoms with E-state index in [4.69, 9.17) is 5.73 Å². The molecule has 3 nitrogen and oxygen atoms in total. The molecular weight excluding hydrogens is 260 g/mol. The van der Waals surface area contributed by atoms with Crippen molar-refractivity contribution < 1.29 is 4.79 Å². The van der Waals surface area contributed by atoms with Gasteiger partial charge in [0.25, 0.3) is 0 Å². The van der Waals surface area contributed by atoms with E-state index in [-0.39, 0.29) is 11.3 Å². The maximum Gasteiger partial charge on any atom is 0.230 e. The van der Waals surface area contributed by atoms with Gasteiger partial charge in [0.15, 0.2) is 0 Å². The first kappa shape index (κ1) is 13.8. The molecule has 2 aromatic carbocycles. The molecule has 0 bridgehead atoms. The van der Waals surface area contributed by atoms with Gasteiger partial charge in [-0.1, -0.05) is 54.6 Å². The van der Waals surface area contributed by atoms with Crippen molar-refractivity contribution in [2.24, 2.45) is 5.73 Å². The number of amides is 1. The van der Waals surface area contributed by atoms with Crippen LogP contribution in [-0.2, 0) is 23.3 Å². The van der Waals surface area contributed by atoms with Crippen LogP contribution in [0.15, 0.2) is 54.6 Å². The number of rotatable bonds is 5. The fourth-order valence-electron chi connectivity index (χ4n) is 2.80. The predicted octanol–water partition coefficient (Wildman–Crippen LogP) is 2.49. The molecule has 0 radical (unpaired) electrons. The highest BCUT2D eigenvalue weighted by Gasteiger charge is 2.50. The molecule has 0 spiro atoms. The van der Waals surface area contributed by atoms with Gasteiger partial charge in [-0.2, -0.15) is 0 Å². The summed E-state index contributed by atoms with van der Waals surface area (Å²) in [7, 11) is 0. The van der Waals surface area contributed by atoms with E-state index in [0.717, 1.165) is 29.5 Å². The Balaban J connectivity index is 1.70. The predicted molar refractivity (Wildman–Crippen MR) is 83.5 cm³/mol. The first-order chi connectivity index (χ1) is 10.3. The van der Waals surface area contributed by atoms with Crippen molar-refractivity contribution in [2.45, 2.75) is 31.3 Å². The second-order valence-corrected chi connectivity index (χ2v) is 5.60. The van der Waals surface area contributed by atoms with Crippen LogP contribution in [0.1, 0.15) is 29.5 Å². The number of nitrogens with one attached hydrogen (secondary N) is 1. The first-order valence-electron chi connectivity index (χ1n) is 7.37. The smallest absolute Gasteiger partial charge is 0.230 e. The number of benzene rings is 2. The molecule has 0 unspecified atom stereocenters. The van der Waals surface area contributed by atoms with Gasteiger partial charge in [-0.3, -0.25) is 4.79 Å². The molecule has 0 saturated heterocycles. The Morgan fingerprint density at radius 3 is 2.24 bits per heavy atom. The largest absolute Gasteiger partial charge is 0.351 e. The first-order valence-corrected chi connectivity index (χ1v) is 7.37. The molecule has 0 aliphatic heterocycles. The quantitative estimate of drug-likeness (QED) is 0.884. The van der Waals surface area contributed by atoms with Gasteiger partial charge in [0.05, 0.1) is 5.41 Å². The average molecular weight is 280 g/mol. The van der Waals surface area contributed by atoms with Crippen LogP contribution in [0.2, 0.25) is 0 Å². The SMILES string of the molecule is NCc1ccccc1CNC(=O)C1(c2ccccc2)CC1. The molecule has 3 rings (SSSR count). The lowest BCUT2D eigenvalue weighted by Gasteiger charge is -2.16. The fourth-order valence-corrected chi connectivity index (χ4v) is 2.80. The Morgan fingerprint density at radius 2 is 1.62 bits per heavy atom. The van der Waals surface area contributed by atoms with E-state index >= 15 is 0 Å². The van der Waals surface area contributed by atoms with Gasteiger partial charge in [-0.25, -0.2) is 0 Å².